The first-order valence-corrected chi connectivity index (χ1v) is 9.43. The summed E-state index contributed by atoms with van der Waals surface area (Å²) in [5.74, 6) is 0.859. The Labute approximate surface area is 144 Å². The third-order valence-corrected chi connectivity index (χ3v) is 8.31. The SMILES string of the molecule is CC1CCC2(C)C(CC(O)C3OC32C)C1(C)CCC1=CC(=O)OC1. The van der Waals surface area contributed by atoms with Crippen LogP contribution in [0.4, 0.5) is 0 Å². The topological polar surface area (TPSA) is 59.1 Å². The first kappa shape index (κ1) is 16.6. The van der Waals surface area contributed by atoms with Gasteiger partial charge < -0.3 is 14.6 Å². The Morgan fingerprint density at radius 2 is 2.08 bits per heavy atom. The van der Waals surface area contributed by atoms with Gasteiger partial charge in [0.05, 0.1) is 6.10 Å². The Morgan fingerprint density at radius 1 is 1.33 bits per heavy atom. The summed E-state index contributed by atoms with van der Waals surface area (Å²) in [6.07, 6.45) is 6.53. The number of carbonyl (C=O) groups excluding carboxylic acids is 1. The van der Waals surface area contributed by atoms with Crippen molar-refractivity contribution in [1.82, 2.24) is 0 Å². The number of ether oxygens (including phenoxy) is 2. The van der Waals surface area contributed by atoms with E-state index in [0.717, 1.165) is 24.8 Å². The van der Waals surface area contributed by atoms with Gasteiger partial charge in [-0.1, -0.05) is 20.8 Å². The van der Waals surface area contributed by atoms with E-state index in [9.17, 15) is 9.90 Å². The van der Waals surface area contributed by atoms with Gasteiger partial charge >= 0.3 is 5.97 Å². The van der Waals surface area contributed by atoms with Crippen molar-refractivity contribution in [3.63, 3.8) is 0 Å². The van der Waals surface area contributed by atoms with Crippen LogP contribution in [-0.2, 0) is 14.3 Å². The van der Waals surface area contributed by atoms with Crippen LogP contribution in [0.15, 0.2) is 11.6 Å². The van der Waals surface area contributed by atoms with Crippen molar-refractivity contribution in [2.75, 3.05) is 6.61 Å². The van der Waals surface area contributed by atoms with E-state index in [4.69, 9.17) is 9.47 Å². The van der Waals surface area contributed by atoms with Crippen LogP contribution in [0.3, 0.4) is 0 Å². The van der Waals surface area contributed by atoms with Gasteiger partial charge in [-0.15, -0.1) is 0 Å². The van der Waals surface area contributed by atoms with Crippen LogP contribution in [0.2, 0.25) is 0 Å². The molecule has 7 atom stereocenters. The van der Waals surface area contributed by atoms with Crippen molar-refractivity contribution in [2.45, 2.75) is 77.6 Å². The maximum Gasteiger partial charge on any atom is 0.331 e. The van der Waals surface area contributed by atoms with Crippen molar-refractivity contribution >= 4 is 5.97 Å². The molecule has 2 heterocycles. The number of epoxide rings is 1. The molecule has 2 aliphatic carbocycles. The van der Waals surface area contributed by atoms with Crippen LogP contribution in [0, 0.1) is 22.7 Å². The molecule has 1 saturated heterocycles. The molecule has 0 radical (unpaired) electrons. The van der Waals surface area contributed by atoms with Crippen molar-refractivity contribution in [3.8, 4) is 0 Å². The Kier molecular flexibility index (Phi) is 3.51. The molecule has 134 valence electrons. The summed E-state index contributed by atoms with van der Waals surface area (Å²) in [5.41, 5.74) is 1.24. The highest BCUT2D eigenvalue weighted by atomic mass is 16.6. The quantitative estimate of drug-likeness (QED) is 0.636. The second-order valence-corrected chi connectivity index (χ2v) is 9.27. The van der Waals surface area contributed by atoms with Gasteiger partial charge in [0.25, 0.3) is 0 Å². The van der Waals surface area contributed by atoms with Gasteiger partial charge in [-0.2, -0.15) is 0 Å². The summed E-state index contributed by atoms with van der Waals surface area (Å²) >= 11 is 0. The van der Waals surface area contributed by atoms with Crippen molar-refractivity contribution < 1.29 is 19.4 Å². The van der Waals surface area contributed by atoms with E-state index in [1.165, 1.54) is 12.8 Å². The summed E-state index contributed by atoms with van der Waals surface area (Å²) in [7, 11) is 0. The van der Waals surface area contributed by atoms with Crippen molar-refractivity contribution in [1.29, 1.82) is 0 Å². The second kappa shape index (κ2) is 5.07. The summed E-state index contributed by atoms with van der Waals surface area (Å²) < 4.78 is 11.1. The highest BCUT2D eigenvalue weighted by Gasteiger charge is 2.74. The number of aliphatic hydroxyl groups excluding tert-OH is 1. The molecule has 0 aromatic rings. The number of hydrogen-bond acceptors (Lipinski definition) is 4. The van der Waals surface area contributed by atoms with Gasteiger partial charge in [0.2, 0.25) is 0 Å². The predicted molar refractivity (Wildman–Crippen MR) is 90.3 cm³/mol. The zero-order chi connectivity index (χ0) is 17.3. The molecule has 4 aliphatic rings. The van der Waals surface area contributed by atoms with Gasteiger partial charge in [-0.05, 0) is 61.9 Å². The zero-order valence-electron chi connectivity index (χ0n) is 15.3. The van der Waals surface area contributed by atoms with Crippen LogP contribution in [0.25, 0.3) is 0 Å². The predicted octanol–water partition coefficient (Wildman–Crippen LogP) is 3.23. The summed E-state index contributed by atoms with van der Waals surface area (Å²) in [5, 5.41) is 10.6. The molecule has 7 unspecified atom stereocenters. The molecule has 4 nitrogen and oxygen atoms in total. The minimum absolute atomic E-state index is 0.0277. The molecular formula is C20H30O4. The number of fused-ring (bicyclic) bond motifs is 3. The van der Waals surface area contributed by atoms with E-state index in [2.05, 4.69) is 27.7 Å². The highest BCUT2D eigenvalue weighted by molar-refractivity contribution is 5.85. The highest BCUT2D eigenvalue weighted by Crippen LogP contribution is 2.70. The smallest absolute Gasteiger partial charge is 0.331 e. The lowest BCUT2D eigenvalue weighted by atomic mass is 9.44. The standard InChI is InChI=1S/C20H30O4/c1-12-5-8-19(3)15(10-14(21)17-20(19,4)24-17)18(12,2)7-6-13-9-16(22)23-11-13/h9,12,14-15,17,21H,5-8,10-11H2,1-4H3. The van der Waals surface area contributed by atoms with Gasteiger partial charge in [-0.3, -0.25) is 0 Å². The Hall–Kier alpha value is -0.870. The lowest BCUT2D eigenvalue weighted by Crippen LogP contribution is -2.58. The number of hydrogen-bond donors (Lipinski definition) is 1. The normalized spacial score (nSPS) is 53.0. The lowest BCUT2D eigenvalue weighted by Gasteiger charge is -2.59. The summed E-state index contributed by atoms with van der Waals surface area (Å²) in [6, 6.07) is 0. The molecule has 4 rings (SSSR count). The van der Waals surface area contributed by atoms with E-state index in [1.54, 1.807) is 6.08 Å². The van der Waals surface area contributed by atoms with Gasteiger partial charge in [0.15, 0.2) is 0 Å². The monoisotopic (exact) mass is 334 g/mol. The van der Waals surface area contributed by atoms with Gasteiger partial charge in [-0.25, -0.2) is 4.79 Å². The third kappa shape index (κ3) is 2.08. The molecule has 0 aromatic carbocycles. The number of rotatable bonds is 3. The van der Waals surface area contributed by atoms with E-state index in [1.807, 2.05) is 0 Å². The fourth-order valence-corrected chi connectivity index (χ4v) is 6.12. The Bertz CT molecular complexity index is 598. The number of aliphatic hydroxyl groups is 1. The van der Waals surface area contributed by atoms with Crippen LogP contribution in [-0.4, -0.2) is 35.5 Å². The van der Waals surface area contributed by atoms with E-state index >= 15 is 0 Å². The molecule has 1 N–H and O–H groups in total. The van der Waals surface area contributed by atoms with E-state index < -0.39 is 0 Å². The van der Waals surface area contributed by atoms with E-state index in [0.29, 0.717) is 18.4 Å². The lowest BCUT2D eigenvalue weighted by molar-refractivity contribution is -0.135. The molecule has 4 heteroatoms. The fourth-order valence-electron chi connectivity index (χ4n) is 6.12. The molecule has 24 heavy (non-hydrogen) atoms. The van der Waals surface area contributed by atoms with Crippen LogP contribution >= 0.6 is 0 Å². The molecular weight excluding hydrogens is 304 g/mol. The molecule has 2 saturated carbocycles. The fraction of sp³-hybridized carbons (Fsp3) is 0.850. The van der Waals surface area contributed by atoms with Crippen LogP contribution in [0.5, 0.6) is 0 Å². The first-order chi connectivity index (χ1) is 11.2. The zero-order valence-corrected chi connectivity index (χ0v) is 15.3. The molecule has 0 amide bonds. The van der Waals surface area contributed by atoms with Gasteiger partial charge in [0.1, 0.15) is 18.3 Å². The van der Waals surface area contributed by atoms with Crippen LogP contribution in [0.1, 0.15) is 59.8 Å². The summed E-state index contributed by atoms with van der Waals surface area (Å²) in [6.45, 7) is 9.80. The molecule has 0 aromatic heterocycles. The average molecular weight is 334 g/mol. The molecule has 0 bridgehead atoms. The van der Waals surface area contributed by atoms with Gasteiger partial charge in [0, 0.05) is 11.5 Å². The minimum Gasteiger partial charge on any atom is -0.458 e. The number of cyclic esters (lactones) is 1. The molecule has 3 fully saturated rings. The van der Waals surface area contributed by atoms with Crippen molar-refractivity contribution in [3.05, 3.63) is 11.6 Å². The summed E-state index contributed by atoms with van der Waals surface area (Å²) in [4.78, 5) is 11.3. The molecule has 0 spiro atoms. The first-order valence-electron chi connectivity index (χ1n) is 9.43. The largest absolute Gasteiger partial charge is 0.458 e. The second-order valence-electron chi connectivity index (χ2n) is 9.27. The minimum atomic E-state index is -0.340. The third-order valence-electron chi connectivity index (χ3n) is 8.31. The van der Waals surface area contributed by atoms with Crippen molar-refractivity contribution in [2.24, 2.45) is 22.7 Å². The Balaban J connectivity index is 1.60. The number of carbonyl (C=O) groups is 1. The Morgan fingerprint density at radius 3 is 2.75 bits per heavy atom. The maximum absolute atomic E-state index is 11.3. The maximum atomic E-state index is 11.3. The molecule has 2 aliphatic heterocycles. The van der Waals surface area contributed by atoms with Crippen LogP contribution < -0.4 is 0 Å². The average Bonchev–Trinajstić information content (AvgIpc) is 3.09. The van der Waals surface area contributed by atoms with E-state index in [-0.39, 0.29) is 34.6 Å². The number of esters is 1.